The quantitative estimate of drug-likeness (QED) is 0.571. The summed E-state index contributed by atoms with van der Waals surface area (Å²) in [5.74, 6) is 1.55. The second-order valence-electron chi connectivity index (χ2n) is 10.6. The van der Waals surface area contributed by atoms with Crippen molar-refractivity contribution in [1.82, 2.24) is 20.5 Å². The second-order valence-corrected chi connectivity index (χ2v) is 10.6. The van der Waals surface area contributed by atoms with Crippen molar-refractivity contribution in [3.05, 3.63) is 53.2 Å². The summed E-state index contributed by atoms with van der Waals surface area (Å²) in [6, 6.07) is 10.3. The summed E-state index contributed by atoms with van der Waals surface area (Å²) in [4.78, 5) is 35.1. The van der Waals surface area contributed by atoms with Crippen LogP contribution in [0.2, 0.25) is 0 Å². The Morgan fingerprint density at radius 1 is 1.03 bits per heavy atom. The molecule has 8 heteroatoms. The monoisotopic (exact) mass is 505 g/mol. The van der Waals surface area contributed by atoms with Gasteiger partial charge in [-0.25, -0.2) is 4.98 Å². The molecule has 0 saturated carbocycles. The number of pyridine rings is 1. The third kappa shape index (κ3) is 5.74. The number of benzene rings is 1. The van der Waals surface area contributed by atoms with Crippen LogP contribution in [0.1, 0.15) is 71.2 Å². The van der Waals surface area contributed by atoms with Crippen molar-refractivity contribution in [2.24, 2.45) is 0 Å². The Balaban J connectivity index is 1.15. The van der Waals surface area contributed by atoms with E-state index in [1.807, 2.05) is 37.3 Å². The van der Waals surface area contributed by atoms with E-state index in [9.17, 15) is 9.59 Å². The molecule has 2 unspecified atom stereocenters. The number of amides is 2. The zero-order valence-electron chi connectivity index (χ0n) is 22.0. The van der Waals surface area contributed by atoms with Crippen LogP contribution in [0.25, 0.3) is 0 Å². The molecule has 3 fully saturated rings. The number of carbonyl (C=O) groups is 2. The number of hydrogen-bond donors (Lipinski definition) is 2. The Morgan fingerprint density at radius 2 is 1.78 bits per heavy atom. The van der Waals surface area contributed by atoms with Crippen LogP contribution in [0.15, 0.2) is 36.5 Å². The Bertz CT molecular complexity index is 1090. The lowest BCUT2D eigenvalue weighted by Gasteiger charge is -2.40. The molecule has 8 nitrogen and oxygen atoms in total. The highest BCUT2D eigenvalue weighted by Crippen LogP contribution is 2.38. The molecular weight excluding hydrogens is 466 g/mol. The number of carbonyl (C=O) groups excluding carboxylic acids is 2. The van der Waals surface area contributed by atoms with E-state index in [0.717, 1.165) is 62.4 Å². The predicted molar refractivity (Wildman–Crippen MR) is 144 cm³/mol. The molecule has 2 aromatic rings. The van der Waals surface area contributed by atoms with Crippen LogP contribution in [0.3, 0.4) is 0 Å². The highest BCUT2D eigenvalue weighted by Gasteiger charge is 2.42. The van der Waals surface area contributed by atoms with Crippen LogP contribution < -0.4 is 20.3 Å². The van der Waals surface area contributed by atoms with Gasteiger partial charge in [-0.3, -0.25) is 9.59 Å². The maximum Gasteiger partial charge on any atom is 0.252 e. The molecule has 5 rings (SSSR count). The summed E-state index contributed by atoms with van der Waals surface area (Å²) in [6.07, 6.45) is 9.50. The van der Waals surface area contributed by atoms with Crippen LogP contribution in [0, 0.1) is 6.92 Å². The number of piperidine rings is 2. The lowest BCUT2D eigenvalue weighted by Crippen LogP contribution is -2.50. The summed E-state index contributed by atoms with van der Waals surface area (Å²) in [5.41, 5.74) is 2.13. The third-order valence-electron chi connectivity index (χ3n) is 8.25. The van der Waals surface area contributed by atoms with Crippen LogP contribution >= 0.6 is 0 Å². The maximum atomic E-state index is 13.0. The molecule has 4 heterocycles. The molecule has 1 aromatic carbocycles. The van der Waals surface area contributed by atoms with E-state index in [1.54, 1.807) is 13.3 Å². The van der Waals surface area contributed by atoms with Gasteiger partial charge in [-0.15, -0.1) is 0 Å². The van der Waals surface area contributed by atoms with Crippen molar-refractivity contribution in [1.29, 1.82) is 0 Å². The van der Waals surface area contributed by atoms with Crippen LogP contribution in [0.5, 0.6) is 5.75 Å². The number of fused-ring (bicyclic) bond motifs is 2. The molecule has 37 heavy (non-hydrogen) atoms. The first-order chi connectivity index (χ1) is 18.0. The molecule has 2 bridgehead atoms. The fourth-order valence-electron chi connectivity index (χ4n) is 6.30. The van der Waals surface area contributed by atoms with Gasteiger partial charge in [0.1, 0.15) is 11.6 Å². The van der Waals surface area contributed by atoms with Gasteiger partial charge in [0.15, 0.2) is 0 Å². The number of hydrogen-bond acceptors (Lipinski definition) is 6. The van der Waals surface area contributed by atoms with Gasteiger partial charge in [0.05, 0.1) is 12.7 Å². The standard InChI is InChI=1S/C29H39N5O3/c1-20-25(7-6-8-26(20)37-2)29(36)32-22-17-23-10-11-24(18-22)34(23)27-12-9-21(19-31-27)28(35)30-13-16-33-14-4-3-5-15-33/h6-9,12,19,22-24H,3-5,10-11,13-18H2,1-2H3,(H,30,35)(H,32,36). The maximum absolute atomic E-state index is 13.0. The zero-order chi connectivity index (χ0) is 25.8. The SMILES string of the molecule is COc1cccc(C(=O)NC2CC3CCC(C2)N3c2ccc(C(=O)NCCN3CCCCC3)cn2)c1C. The molecule has 3 aliphatic rings. The molecular formula is C29H39N5O3. The number of aromatic nitrogens is 1. The first kappa shape index (κ1) is 25.5. The van der Waals surface area contributed by atoms with Crippen LogP contribution in [-0.2, 0) is 0 Å². The lowest BCUT2D eigenvalue weighted by atomic mass is 9.96. The zero-order valence-corrected chi connectivity index (χ0v) is 22.0. The fraction of sp³-hybridized carbons (Fsp3) is 0.552. The molecule has 3 saturated heterocycles. The van der Waals surface area contributed by atoms with E-state index in [-0.39, 0.29) is 17.9 Å². The number of nitrogens with zero attached hydrogens (tertiary/aromatic N) is 3. The molecule has 0 aliphatic carbocycles. The van der Waals surface area contributed by atoms with Gasteiger partial charge in [-0.2, -0.15) is 0 Å². The van der Waals surface area contributed by atoms with E-state index in [1.165, 1.54) is 19.3 Å². The van der Waals surface area contributed by atoms with Gasteiger partial charge in [-0.05, 0) is 82.8 Å². The molecule has 2 atom stereocenters. The summed E-state index contributed by atoms with van der Waals surface area (Å²) in [7, 11) is 1.63. The highest BCUT2D eigenvalue weighted by atomic mass is 16.5. The molecule has 3 aliphatic heterocycles. The summed E-state index contributed by atoms with van der Waals surface area (Å²) >= 11 is 0. The van der Waals surface area contributed by atoms with Gasteiger partial charge in [-0.1, -0.05) is 12.5 Å². The molecule has 0 radical (unpaired) electrons. The summed E-state index contributed by atoms with van der Waals surface area (Å²) < 4.78 is 5.38. The van der Waals surface area contributed by atoms with Crippen molar-refractivity contribution in [3.8, 4) is 5.75 Å². The van der Waals surface area contributed by atoms with Crippen molar-refractivity contribution in [2.75, 3.05) is 38.2 Å². The predicted octanol–water partition coefficient (Wildman–Crippen LogP) is 3.54. The molecule has 198 valence electrons. The number of likely N-dealkylation sites (tertiary alicyclic amines) is 1. The lowest BCUT2D eigenvalue weighted by molar-refractivity contribution is 0.0923. The van der Waals surface area contributed by atoms with E-state index >= 15 is 0 Å². The summed E-state index contributed by atoms with van der Waals surface area (Å²) in [5, 5.41) is 6.31. The van der Waals surface area contributed by atoms with Crippen molar-refractivity contribution >= 4 is 17.6 Å². The van der Waals surface area contributed by atoms with Gasteiger partial charge in [0.2, 0.25) is 0 Å². The Morgan fingerprint density at radius 3 is 2.46 bits per heavy atom. The molecule has 2 amide bonds. The molecule has 0 spiro atoms. The topological polar surface area (TPSA) is 86.8 Å². The summed E-state index contributed by atoms with van der Waals surface area (Å²) in [6.45, 7) is 5.76. The number of anilines is 1. The highest BCUT2D eigenvalue weighted by molar-refractivity contribution is 5.96. The molecule has 1 aromatic heterocycles. The Kier molecular flexibility index (Phi) is 7.93. The smallest absolute Gasteiger partial charge is 0.252 e. The van der Waals surface area contributed by atoms with E-state index in [4.69, 9.17) is 4.74 Å². The van der Waals surface area contributed by atoms with Gasteiger partial charge in [0, 0.05) is 48.5 Å². The van der Waals surface area contributed by atoms with Gasteiger partial charge >= 0.3 is 0 Å². The minimum atomic E-state index is -0.0618. The number of ether oxygens (including phenoxy) is 1. The average Bonchev–Trinajstić information content (AvgIpc) is 3.19. The number of rotatable bonds is 8. The van der Waals surface area contributed by atoms with Crippen molar-refractivity contribution in [3.63, 3.8) is 0 Å². The Hall–Kier alpha value is -3.13. The van der Waals surface area contributed by atoms with E-state index < -0.39 is 0 Å². The van der Waals surface area contributed by atoms with E-state index in [0.29, 0.717) is 29.8 Å². The number of nitrogens with one attached hydrogen (secondary N) is 2. The minimum Gasteiger partial charge on any atom is -0.496 e. The largest absolute Gasteiger partial charge is 0.496 e. The normalized spacial score (nSPS) is 23.5. The van der Waals surface area contributed by atoms with Crippen molar-refractivity contribution in [2.45, 2.75) is 70.0 Å². The average molecular weight is 506 g/mol. The first-order valence-electron chi connectivity index (χ1n) is 13.7. The molecule has 2 N–H and O–H groups in total. The van der Waals surface area contributed by atoms with Crippen LogP contribution in [-0.4, -0.2) is 73.1 Å². The van der Waals surface area contributed by atoms with Crippen molar-refractivity contribution < 1.29 is 14.3 Å². The van der Waals surface area contributed by atoms with Gasteiger partial charge in [0.25, 0.3) is 11.8 Å². The van der Waals surface area contributed by atoms with Gasteiger partial charge < -0.3 is 25.2 Å². The number of methoxy groups -OCH3 is 1. The minimum absolute atomic E-state index is 0.0389. The van der Waals surface area contributed by atoms with Crippen LogP contribution in [0.4, 0.5) is 5.82 Å². The van der Waals surface area contributed by atoms with E-state index in [2.05, 4.69) is 25.4 Å². The third-order valence-corrected chi connectivity index (χ3v) is 8.25. The Labute approximate surface area is 219 Å². The first-order valence-corrected chi connectivity index (χ1v) is 13.7. The fourth-order valence-corrected chi connectivity index (χ4v) is 6.30. The second kappa shape index (κ2) is 11.5.